The summed E-state index contributed by atoms with van der Waals surface area (Å²) in [7, 11) is 0. The van der Waals surface area contributed by atoms with Crippen LogP contribution in [0, 0.1) is 10.8 Å². The summed E-state index contributed by atoms with van der Waals surface area (Å²) in [6.45, 7) is 12.1. The SMILES string of the molecule is CCC(C)=NC1CC(C)(C)CC(C)(CN)C1. The van der Waals surface area contributed by atoms with Crippen LogP contribution in [-0.2, 0) is 0 Å². The molecule has 1 fully saturated rings. The van der Waals surface area contributed by atoms with E-state index in [0.717, 1.165) is 19.4 Å². The first-order valence-corrected chi connectivity index (χ1v) is 6.53. The van der Waals surface area contributed by atoms with Gasteiger partial charge in [-0.05, 0) is 50.0 Å². The summed E-state index contributed by atoms with van der Waals surface area (Å²) < 4.78 is 0. The van der Waals surface area contributed by atoms with E-state index < -0.39 is 0 Å². The van der Waals surface area contributed by atoms with Crippen molar-refractivity contribution in [2.24, 2.45) is 21.6 Å². The molecule has 0 radical (unpaired) electrons. The molecule has 0 spiro atoms. The van der Waals surface area contributed by atoms with Crippen LogP contribution in [0.3, 0.4) is 0 Å². The van der Waals surface area contributed by atoms with Gasteiger partial charge < -0.3 is 5.73 Å². The highest BCUT2D eigenvalue weighted by Gasteiger charge is 2.40. The van der Waals surface area contributed by atoms with Gasteiger partial charge in [0.2, 0.25) is 0 Å². The minimum absolute atomic E-state index is 0.282. The maximum absolute atomic E-state index is 5.94. The lowest BCUT2D eigenvalue weighted by Gasteiger charge is -2.45. The predicted molar refractivity (Wildman–Crippen MR) is 72.0 cm³/mol. The zero-order chi connectivity index (χ0) is 12.4. The van der Waals surface area contributed by atoms with Gasteiger partial charge in [0.05, 0.1) is 6.04 Å². The van der Waals surface area contributed by atoms with Gasteiger partial charge in [0.15, 0.2) is 0 Å². The first-order chi connectivity index (χ1) is 7.30. The normalized spacial score (nSPS) is 35.1. The third-order valence-electron chi connectivity index (χ3n) is 3.83. The highest BCUT2D eigenvalue weighted by molar-refractivity contribution is 5.81. The van der Waals surface area contributed by atoms with E-state index in [-0.39, 0.29) is 5.41 Å². The molecule has 0 bridgehead atoms. The highest BCUT2D eigenvalue weighted by Crippen LogP contribution is 2.46. The molecule has 0 heterocycles. The molecule has 0 aromatic rings. The maximum atomic E-state index is 5.94. The summed E-state index contributed by atoms with van der Waals surface area (Å²) >= 11 is 0. The predicted octanol–water partition coefficient (Wildman–Crippen LogP) is 3.40. The summed E-state index contributed by atoms with van der Waals surface area (Å²) in [6, 6.07) is 0.484. The lowest BCUT2D eigenvalue weighted by atomic mass is 9.63. The molecule has 1 aliphatic rings. The Bertz CT molecular complexity index is 268. The van der Waals surface area contributed by atoms with E-state index in [1.54, 1.807) is 0 Å². The maximum Gasteiger partial charge on any atom is 0.0509 e. The van der Waals surface area contributed by atoms with Crippen LogP contribution < -0.4 is 5.73 Å². The third kappa shape index (κ3) is 3.58. The Hall–Kier alpha value is -0.370. The van der Waals surface area contributed by atoms with Gasteiger partial charge in [-0.15, -0.1) is 0 Å². The van der Waals surface area contributed by atoms with Crippen molar-refractivity contribution in [2.75, 3.05) is 6.54 Å². The van der Waals surface area contributed by atoms with E-state index in [1.165, 1.54) is 18.6 Å². The number of hydrogen-bond donors (Lipinski definition) is 1. The van der Waals surface area contributed by atoms with E-state index in [4.69, 9.17) is 10.7 Å². The van der Waals surface area contributed by atoms with Gasteiger partial charge in [-0.3, -0.25) is 4.99 Å². The van der Waals surface area contributed by atoms with Crippen molar-refractivity contribution in [3.8, 4) is 0 Å². The van der Waals surface area contributed by atoms with Crippen molar-refractivity contribution < 1.29 is 0 Å². The standard InChI is InChI=1S/C14H28N2/c1-6-11(2)16-12-7-13(3,4)9-14(5,8-12)10-15/h12H,6-10,15H2,1-5H3. The Labute approximate surface area is 101 Å². The Kier molecular flexibility index (Phi) is 4.17. The van der Waals surface area contributed by atoms with Gasteiger partial charge in [0.1, 0.15) is 0 Å². The van der Waals surface area contributed by atoms with Gasteiger partial charge >= 0.3 is 0 Å². The summed E-state index contributed by atoms with van der Waals surface area (Å²) in [6.07, 6.45) is 4.66. The summed E-state index contributed by atoms with van der Waals surface area (Å²) in [4.78, 5) is 4.85. The Morgan fingerprint density at radius 1 is 1.31 bits per heavy atom. The van der Waals surface area contributed by atoms with Crippen LogP contribution in [0.5, 0.6) is 0 Å². The molecule has 2 nitrogen and oxygen atoms in total. The molecule has 1 aliphatic carbocycles. The fraction of sp³-hybridized carbons (Fsp3) is 0.929. The van der Waals surface area contributed by atoms with Crippen molar-refractivity contribution in [3.05, 3.63) is 0 Å². The topological polar surface area (TPSA) is 38.4 Å². The van der Waals surface area contributed by atoms with Crippen LogP contribution in [0.15, 0.2) is 4.99 Å². The van der Waals surface area contributed by atoms with Crippen molar-refractivity contribution in [1.82, 2.24) is 0 Å². The summed E-state index contributed by atoms with van der Waals surface area (Å²) in [5.74, 6) is 0. The van der Waals surface area contributed by atoms with Gasteiger partial charge in [-0.2, -0.15) is 0 Å². The highest BCUT2D eigenvalue weighted by atomic mass is 14.8. The lowest BCUT2D eigenvalue weighted by molar-refractivity contribution is 0.0910. The van der Waals surface area contributed by atoms with Gasteiger partial charge in [-0.1, -0.05) is 27.7 Å². The van der Waals surface area contributed by atoms with Crippen molar-refractivity contribution in [1.29, 1.82) is 0 Å². The molecule has 2 N–H and O–H groups in total. The Morgan fingerprint density at radius 3 is 2.44 bits per heavy atom. The smallest absolute Gasteiger partial charge is 0.0509 e. The number of nitrogens with zero attached hydrogens (tertiary/aromatic N) is 1. The molecule has 2 atom stereocenters. The van der Waals surface area contributed by atoms with E-state index in [2.05, 4.69) is 34.6 Å². The lowest BCUT2D eigenvalue weighted by Crippen LogP contribution is -2.42. The van der Waals surface area contributed by atoms with Gasteiger partial charge in [-0.25, -0.2) is 0 Å². The molecule has 16 heavy (non-hydrogen) atoms. The molecule has 1 rings (SSSR count). The number of nitrogens with two attached hydrogens (primary N) is 1. The van der Waals surface area contributed by atoms with Crippen LogP contribution in [0.1, 0.15) is 60.3 Å². The van der Waals surface area contributed by atoms with Crippen LogP contribution in [0.25, 0.3) is 0 Å². The number of rotatable bonds is 3. The van der Waals surface area contributed by atoms with Crippen LogP contribution >= 0.6 is 0 Å². The van der Waals surface area contributed by atoms with Crippen molar-refractivity contribution in [3.63, 3.8) is 0 Å². The molecule has 1 saturated carbocycles. The minimum Gasteiger partial charge on any atom is -0.330 e. The number of hydrogen-bond acceptors (Lipinski definition) is 2. The molecular formula is C14H28N2. The second-order valence-electron chi connectivity index (χ2n) is 6.64. The molecule has 2 unspecified atom stereocenters. The monoisotopic (exact) mass is 224 g/mol. The fourth-order valence-electron chi connectivity index (χ4n) is 3.23. The van der Waals surface area contributed by atoms with Crippen LogP contribution in [-0.4, -0.2) is 18.3 Å². The summed E-state index contributed by atoms with van der Waals surface area (Å²) in [5, 5.41) is 0. The van der Waals surface area contributed by atoms with E-state index in [9.17, 15) is 0 Å². The molecule has 0 amide bonds. The zero-order valence-electron chi connectivity index (χ0n) is 11.6. The molecule has 0 aromatic carbocycles. The largest absolute Gasteiger partial charge is 0.330 e. The zero-order valence-corrected chi connectivity index (χ0v) is 11.6. The van der Waals surface area contributed by atoms with Crippen LogP contribution in [0.4, 0.5) is 0 Å². The second kappa shape index (κ2) is 4.87. The van der Waals surface area contributed by atoms with Crippen molar-refractivity contribution >= 4 is 5.71 Å². The average Bonchev–Trinajstić information content (AvgIpc) is 2.14. The minimum atomic E-state index is 0.282. The molecular weight excluding hydrogens is 196 g/mol. The Morgan fingerprint density at radius 2 is 1.94 bits per heavy atom. The van der Waals surface area contributed by atoms with E-state index in [1.807, 2.05) is 0 Å². The van der Waals surface area contributed by atoms with Gasteiger partial charge in [0, 0.05) is 5.71 Å². The molecule has 94 valence electrons. The molecule has 0 aliphatic heterocycles. The Balaban J connectivity index is 2.81. The quantitative estimate of drug-likeness (QED) is 0.733. The number of aliphatic imine (C=N–C) groups is 1. The molecule has 0 saturated heterocycles. The molecule has 2 heteroatoms. The second-order valence-corrected chi connectivity index (χ2v) is 6.64. The average molecular weight is 224 g/mol. The fourth-order valence-corrected chi connectivity index (χ4v) is 3.23. The first-order valence-electron chi connectivity index (χ1n) is 6.53. The first kappa shape index (κ1) is 13.7. The van der Waals surface area contributed by atoms with Crippen LogP contribution in [0.2, 0.25) is 0 Å². The van der Waals surface area contributed by atoms with E-state index >= 15 is 0 Å². The van der Waals surface area contributed by atoms with E-state index in [0.29, 0.717) is 11.5 Å². The molecule has 0 aromatic heterocycles. The van der Waals surface area contributed by atoms with Gasteiger partial charge in [0.25, 0.3) is 0 Å². The third-order valence-corrected chi connectivity index (χ3v) is 3.83. The summed E-state index contributed by atoms with van der Waals surface area (Å²) in [5.41, 5.74) is 7.88. The van der Waals surface area contributed by atoms with Crippen molar-refractivity contribution in [2.45, 2.75) is 66.3 Å².